The fourth-order valence-electron chi connectivity index (χ4n) is 2.05. The number of hydrogen-bond donors (Lipinski definition) is 2. The molecule has 1 amide bonds. The van der Waals surface area contributed by atoms with E-state index in [1.165, 1.54) is 6.20 Å². The molecule has 1 heterocycles. The van der Waals surface area contributed by atoms with Crippen molar-refractivity contribution < 1.29 is 4.79 Å². The molecular formula is C14H26N4O. The quantitative estimate of drug-likeness (QED) is 0.675. The third kappa shape index (κ3) is 4.93. The van der Waals surface area contributed by atoms with Crippen LogP contribution in [0.15, 0.2) is 6.20 Å². The minimum Gasteiger partial charge on any atom is -0.396 e. The van der Waals surface area contributed by atoms with Gasteiger partial charge in [-0.1, -0.05) is 39.5 Å². The van der Waals surface area contributed by atoms with Gasteiger partial charge in [-0.2, -0.15) is 5.10 Å². The molecule has 1 aromatic rings. The molecule has 3 N–H and O–H groups in total. The van der Waals surface area contributed by atoms with Crippen LogP contribution in [0.5, 0.6) is 0 Å². The molecule has 0 aliphatic heterocycles. The molecule has 1 aromatic heterocycles. The van der Waals surface area contributed by atoms with Gasteiger partial charge in [0.05, 0.1) is 11.9 Å². The Morgan fingerprint density at radius 1 is 1.21 bits per heavy atom. The molecule has 0 saturated carbocycles. The molecule has 5 heteroatoms. The molecule has 1 rings (SSSR count). The monoisotopic (exact) mass is 266 g/mol. The van der Waals surface area contributed by atoms with Gasteiger partial charge < -0.3 is 10.6 Å². The predicted octanol–water partition coefficient (Wildman–Crippen LogP) is 2.81. The summed E-state index contributed by atoms with van der Waals surface area (Å²) < 4.78 is 0. The predicted molar refractivity (Wildman–Crippen MR) is 78.0 cm³/mol. The average Bonchev–Trinajstić information content (AvgIpc) is 2.83. The molecular weight excluding hydrogens is 240 g/mol. The number of nitrogen functional groups attached to an aromatic ring is 1. The van der Waals surface area contributed by atoms with Crippen LogP contribution in [0.4, 0.5) is 5.69 Å². The highest BCUT2D eigenvalue weighted by molar-refractivity contribution is 5.96. The lowest BCUT2D eigenvalue weighted by atomic mass is 10.2. The molecule has 5 nitrogen and oxygen atoms in total. The second-order valence-electron chi connectivity index (χ2n) is 4.91. The van der Waals surface area contributed by atoms with Crippen molar-refractivity contribution in [2.45, 2.75) is 52.4 Å². The Morgan fingerprint density at radius 3 is 2.21 bits per heavy atom. The lowest BCUT2D eigenvalue weighted by Crippen LogP contribution is -2.33. The highest BCUT2D eigenvalue weighted by Crippen LogP contribution is 2.12. The standard InChI is InChI=1S/C14H26N4O/c1-3-5-7-9-18(10-8-6-4-2)14(19)13-12(15)11-16-17-13/h11H,3-10,15H2,1-2H3,(H,16,17). The number of carbonyl (C=O) groups excluding carboxylic acids is 1. The molecule has 19 heavy (non-hydrogen) atoms. The Balaban J connectivity index is 2.60. The number of aromatic amines is 1. The number of nitrogens with one attached hydrogen (secondary N) is 1. The molecule has 0 aliphatic rings. The lowest BCUT2D eigenvalue weighted by Gasteiger charge is -2.22. The maximum absolute atomic E-state index is 12.4. The van der Waals surface area contributed by atoms with Gasteiger partial charge in [0, 0.05) is 13.1 Å². The van der Waals surface area contributed by atoms with Gasteiger partial charge in [-0.25, -0.2) is 0 Å². The summed E-state index contributed by atoms with van der Waals surface area (Å²) in [6.45, 7) is 5.93. The SMILES string of the molecule is CCCCCN(CCCCC)C(=O)c1[nH]ncc1N. The fourth-order valence-corrected chi connectivity index (χ4v) is 2.05. The van der Waals surface area contributed by atoms with E-state index in [0.29, 0.717) is 11.4 Å². The molecule has 108 valence electrons. The van der Waals surface area contributed by atoms with Crippen LogP contribution >= 0.6 is 0 Å². The van der Waals surface area contributed by atoms with Crippen molar-refractivity contribution in [2.24, 2.45) is 0 Å². The minimum atomic E-state index is -0.0257. The van der Waals surface area contributed by atoms with E-state index >= 15 is 0 Å². The van der Waals surface area contributed by atoms with Crippen LogP contribution in [0, 0.1) is 0 Å². The number of nitrogens with two attached hydrogens (primary N) is 1. The first kappa shape index (κ1) is 15.5. The van der Waals surface area contributed by atoms with Crippen molar-refractivity contribution in [1.29, 1.82) is 0 Å². The zero-order valence-corrected chi connectivity index (χ0v) is 12.1. The molecule has 0 unspecified atom stereocenters. The van der Waals surface area contributed by atoms with Gasteiger partial charge in [-0.15, -0.1) is 0 Å². The summed E-state index contributed by atoms with van der Waals surface area (Å²) in [5.41, 5.74) is 6.60. The largest absolute Gasteiger partial charge is 0.396 e. The van der Waals surface area contributed by atoms with E-state index in [4.69, 9.17) is 5.73 Å². The maximum atomic E-state index is 12.4. The third-order valence-electron chi connectivity index (χ3n) is 3.23. The van der Waals surface area contributed by atoms with Crippen molar-refractivity contribution in [3.05, 3.63) is 11.9 Å². The molecule has 0 aliphatic carbocycles. The van der Waals surface area contributed by atoms with Gasteiger partial charge in [0.1, 0.15) is 5.69 Å². The van der Waals surface area contributed by atoms with E-state index in [1.807, 2.05) is 4.90 Å². The normalized spacial score (nSPS) is 10.6. The topological polar surface area (TPSA) is 75.0 Å². The Bertz CT molecular complexity index is 365. The van der Waals surface area contributed by atoms with Crippen LogP contribution < -0.4 is 5.73 Å². The van der Waals surface area contributed by atoms with E-state index in [0.717, 1.165) is 51.6 Å². The number of nitrogens with zero attached hydrogens (tertiary/aromatic N) is 2. The van der Waals surface area contributed by atoms with E-state index in [9.17, 15) is 4.79 Å². The summed E-state index contributed by atoms with van der Waals surface area (Å²) in [7, 11) is 0. The number of amides is 1. The molecule has 0 radical (unpaired) electrons. The van der Waals surface area contributed by atoms with Gasteiger partial charge in [-0.05, 0) is 12.8 Å². The molecule has 0 spiro atoms. The van der Waals surface area contributed by atoms with E-state index in [1.54, 1.807) is 0 Å². The minimum absolute atomic E-state index is 0.0257. The lowest BCUT2D eigenvalue weighted by molar-refractivity contribution is 0.0744. The van der Waals surface area contributed by atoms with Crippen molar-refractivity contribution in [3.63, 3.8) is 0 Å². The number of anilines is 1. The highest BCUT2D eigenvalue weighted by Gasteiger charge is 2.18. The number of unbranched alkanes of at least 4 members (excludes halogenated alkanes) is 4. The first-order valence-electron chi connectivity index (χ1n) is 7.28. The van der Waals surface area contributed by atoms with Gasteiger partial charge in [0.15, 0.2) is 0 Å². The summed E-state index contributed by atoms with van der Waals surface area (Å²) in [5.74, 6) is -0.0257. The zero-order chi connectivity index (χ0) is 14.1. The molecule has 0 atom stereocenters. The fraction of sp³-hybridized carbons (Fsp3) is 0.714. The number of rotatable bonds is 9. The zero-order valence-electron chi connectivity index (χ0n) is 12.1. The highest BCUT2D eigenvalue weighted by atomic mass is 16.2. The van der Waals surface area contributed by atoms with Crippen LogP contribution in [0.1, 0.15) is 62.9 Å². The number of aromatic nitrogens is 2. The summed E-state index contributed by atoms with van der Waals surface area (Å²) in [6.07, 6.45) is 8.19. The van der Waals surface area contributed by atoms with Crippen LogP contribution in [-0.2, 0) is 0 Å². The second-order valence-corrected chi connectivity index (χ2v) is 4.91. The number of H-pyrrole nitrogens is 1. The summed E-state index contributed by atoms with van der Waals surface area (Å²) in [6, 6.07) is 0. The van der Waals surface area contributed by atoms with Gasteiger partial charge in [0.2, 0.25) is 0 Å². The number of carbonyl (C=O) groups is 1. The van der Waals surface area contributed by atoms with Crippen molar-refractivity contribution in [3.8, 4) is 0 Å². The van der Waals surface area contributed by atoms with E-state index in [2.05, 4.69) is 24.0 Å². The summed E-state index contributed by atoms with van der Waals surface area (Å²) in [4.78, 5) is 14.3. The Kier molecular flexibility index (Phi) is 7.00. The van der Waals surface area contributed by atoms with Gasteiger partial charge in [-0.3, -0.25) is 9.89 Å². The Hall–Kier alpha value is -1.52. The summed E-state index contributed by atoms with van der Waals surface area (Å²) in [5, 5.41) is 6.52. The Morgan fingerprint density at radius 2 is 1.79 bits per heavy atom. The third-order valence-corrected chi connectivity index (χ3v) is 3.23. The Labute approximate surface area is 115 Å². The van der Waals surface area contributed by atoms with Crippen LogP contribution in [-0.4, -0.2) is 34.1 Å². The van der Waals surface area contributed by atoms with Crippen LogP contribution in [0.2, 0.25) is 0 Å². The average molecular weight is 266 g/mol. The van der Waals surface area contributed by atoms with Gasteiger partial charge >= 0.3 is 0 Å². The first-order valence-corrected chi connectivity index (χ1v) is 7.28. The smallest absolute Gasteiger partial charge is 0.274 e. The molecule has 0 bridgehead atoms. The molecule has 0 aromatic carbocycles. The maximum Gasteiger partial charge on any atom is 0.274 e. The van der Waals surface area contributed by atoms with Crippen molar-refractivity contribution in [2.75, 3.05) is 18.8 Å². The summed E-state index contributed by atoms with van der Waals surface area (Å²) >= 11 is 0. The van der Waals surface area contributed by atoms with Crippen LogP contribution in [0.3, 0.4) is 0 Å². The van der Waals surface area contributed by atoms with Crippen molar-refractivity contribution >= 4 is 11.6 Å². The number of hydrogen-bond acceptors (Lipinski definition) is 3. The molecule has 0 saturated heterocycles. The first-order chi connectivity index (χ1) is 9.20. The second kappa shape index (κ2) is 8.56. The van der Waals surface area contributed by atoms with Crippen LogP contribution in [0.25, 0.3) is 0 Å². The van der Waals surface area contributed by atoms with Crippen molar-refractivity contribution in [1.82, 2.24) is 15.1 Å². The molecule has 0 fully saturated rings. The van der Waals surface area contributed by atoms with Gasteiger partial charge in [0.25, 0.3) is 5.91 Å². The van der Waals surface area contributed by atoms with E-state index in [-0.39, 0.29) is 5.91 Å². The van der Waals surface area contributed by atoms with E-state index < -0.39 is 0 Å².